The number of aromatic nitrogens is 2. The van der Waals surface area contributed by atoms with Crippen LogP contribution in [-0.4, -0.2) is 21.1 Å². The van der Waals surface area contributed by atoms with Crippen molar-refractivity contribution in [1.82, 2.24) is 9.55 Å². The number of hydrogen-bond donors (Lipinski definition) is 0. The van der Waals surface area contributed by atoms with Crippen molar-refractivity contribution in [3.05, 3.63) is 96.7 Å². The summed E-state index contributed by atoms with van der Waals surface area (Å²) in [7, 11) is 0. The van der Waals surface area contributed by atoms with Crippen molar-refractivity contribution in [3.8, 4) is 17.1 Å². The highest BCUT2D eigenvalue weighted by molar-refractivity contribution is 6.36. The number of nitro benzene ring substituents is 1. The monoisotopic (exact) mass is 483 g/mol. The van der Waals surface area contributed by atoms with Crippen LogP contribution in [0.25, 0.3) is 22.3 Å². The fraction of sp³-hybridized carbons (Fsp3) is 0.167. The summed E-state index contributed by atoms with van der Waals surface area (Å²) in [5.74, 6) is 0.609. The van der Waals surface area contributed by atoms with Gasteiger partial charge in [0.2, 0.25) is 0 Å². The molecule has 0 saturated heterocycles. The Hall–Kier alpha value is -3.42. The standard InChI is InChI=1S/C24H19Cl2N3O4/c1-15-7-10-22(21(13-15)29(31)32)33-12-4-11-28-23(17-9-8-16(25)14-19(17)26)27-20-6-3-2-5-18(20)24(28)30/h2-3,5-10,13-14H,4,11-12H2,1H3. The van der Waals surface area contributed by atoms with Crippen molar-refractivity contribution in [2.45, 2.75) is 19.9 Å². The number of fused-ring (bicyclic) bond motifs is 1. The summed E-state index contributed by atoms with van der Waals surface area (Å²) in [5.41, 5.74) is 1.62. The molecular weight excluding hydrogens is 465 g/mol. The molecule has 0 N–H and O–H groups in total. The minimum atomic E-state index is -0.472. The molecule has 0 atom stereocenters. The molecule has 0 fully saturated rings. The van der Waals surface area contributed by atoms with Gasteiger partial charge in [-0.3, -0.25) is 19.5 Å². The lowest BCUT2D eigenvalue weighted by molar-refractivity contribution is -0.385. The molecule has 0 bridgehead atoms. The molecule has 0 aliphatic carbocycles. The zero-order chi connectivity index (χ0) is 23.5. The minimum Gasteiger partial charge on any atom is -0.487 e. The Bertz CT molecular complexity index is 1420. The van der Waals surface area contributed by atoms with Crippen LogP contribution in [0.5, 0.6) is 5.75 Å². The molecule has 0 radical (unpaired) electrons. The second kappa shape index (κ2) is 9.60. The lowest BCUT2D eigenvalue weighted by Gasteiger charge is -2.15. The first-order valence-corrected chi connectivity index (χ1v) is 10.9. The smallest absolute Gasteiger partial charge is 0.311 e. The third-order valence-corrected chi connectivity index (χ3v) is 5.68. The number of benzene rings is 3. The first-order chi connectivity index (χ1) is 15.8. The molecule has 9 heteroatoms. The number of nitro groups is 1. The van der Waals surface area contributed by atoms with Gasteiger partial charge in [-0.2, -0.15) is 0 Å². The summed E-state index contributed by atoms with van der Waals surface area (Å²) in [6.45, 7) is 2.24. The van der Waals surface area contributed by atoms with E-state index in [9.17, 15) is 14.9 Å². The van der Waals surface area contributed by atoms with E-state index in [1.807, 2.05) is 6.07 Å². The van der Waals surface area contributed by atoms with E-state index in [1.54, 1.807) is 60.0 Å². The van der Waals surface area contributed by atoms with Gasteiger partial charge in [0.25, 0.3) is 5.56 Å². The molecular formula is C24H19Cl2N3O4. The third-order valence-electron chi connectivity index (χ3n) is 5.13. The maximum Gasteiger partial charge on any atom is 0.311 e. The SMILES string of the molecule is Cc1ccc(OCCCn2c(-c3ccc(Cl)cc3Cl)nc3ccccc3c2=O)c([N+](=O)[O-])c1. The molecule has 1 heterocycles. The Kier molecular flexibility index (Phi) is 6.62. The summed E-state index contributed by atoms with van der Waals surface area (Å²) < 4.78 is 7.21. The van der Waals surface area contributed by atoms with Crippen LogP contribution < -0.4 is 10.3 Å². The highest BCUT2D eigenvalue weighted by Gasteiger charge is 2.17. The van der Waals surface area contributed by atoms with E-state index in [0.717, 1.165) is 5.56 Å². The fourth-order valence-corrected chi connectivity index (χ4v) is 4.04. The fourth-order valence-electron chi connectivity index (χ4n) is 3.55. The Morgan fingerprint density at radius 1 is 1.09 bits per heavy atom. The van der Waals surface area contributed by atoms with Gasteiger partial charge in [0.15, 0.2) is 5.75 Å². The number of halogens is 2. The van der Waals surface area contributed by atoms with Crippen molar-refractivity contribution >= 4 is 39.8 Å². The molecule has 168 valence electrons. The van der Waals surface area contributed by atoms with E-state index < -0.39 is 4.92 Å². The van der Waals surface area contributed by atoms with E-state index in [4.69, 9.17) is 27.9 Å². The molecule has 0 aliphatic rings. The summed E-state index contributed by atoms with van der Waals surface area (Å²) in [4.78, 5) is 28.8. The quantitative estimate of drug-likeness (QED) is 0.181. The maximum atomic E-state index is 13.3. The van der Waals surface area contributed by atoms with E-state index in [1.165, 1.54) is 6.07 Å². The predicted molar refractivity (Wildman–Crippen MR) is 129 cm³/mol. The highest BCUT2D eigenvalue weighted by Crippen LogP contribution is 2.30. The Morgan fingerprint density at radius 3 is 2.64 bits per heavy atom. The molecule has 0 unspecified atom stereocenters. The average molecular weight is 484 g/mol. The molecule has 0 saturated carbocycles. The third kappa shape index (κ3) is 4.84. The van der Waals surface area contributed by atoms with Crippen molar-refractivity contribution in [1.29, 1.82) is 0 Å². The van der Waals surface area contributed by atoms with Crippen molar-refractivity contribution in [2.75, 3.05) is 6.61 Å². The summed E-state index contributed by atoms with van der Waals surface area (Å²) in [6.07, 6.45) is 0.420. The van der Waals surface area contributed by atoms with Crippen LogP contribution in [0.2, 0.25) is 10.0 Å². The van der Waals surface area contributed by atoms with Crippen LogP contribution in [0.15, 0.2) is 65.5 Å². The van der Waals surface area contributed by atoms with Gasteiger partial charge < -0.3 is 4.74 Å². The van der Waals surface area contributed by atoms with Crippen LogP contribution >= 0.6 is 23.2 Å². The lowest BCUT2D eigenvalue weighted by Crippen LogP contribution is -2.24. The van der Waals surface area contributed by atoms with Gasteiger partial charge >= 0.3 is 5.69 Å². The van der Waals surface area contributed by atoms with E-state index in [0.29, 0.717) is 38.8 Å². The molecule has 4 aromatic rings. The number of rotatable bonds is 7. The average Bonchev–Trinajstić information content (AvgIpc) is 2.78. The van der Waals surface area contributed by atoms with Gasteiger partial charge in [0.05, 0.1) is 27.5 Å². The van der Waals surface area contributed by atoms with Crippen LogP contribution in [0.1, 0.15) is 12.0 Å². The normalized spacial score (nSPS) is 11.0. The van der Waals surface area contributed by atoms with Gasteiger partial charge in [0.1, 0.15) is 5.82 Å². The second-order valence-corrected chi connectivity index (χ2v) is 8.31. The number of aryl methyl sites for hydroxylation is 1. The van der Waals surface area contributed by atoms with Crippen LogP contribution in [0, 0.1) is 17.0 Å². The van der Waals surface area contributed by atoms with Gasteiger partial charge in [-0.15, -0.1) is 0 Å². The zero-order valence-electron chi connectivity index (χ0n) is 17.6. The summed E-state index contributed by atoms with van der Waals surface area (Å²) in [6, 6.07) is 16.9. The Labute approximate surface area is 199 Å². The van der Waals surface area contributed by atoms with Crippen LogP contribution in [0.4, 0.5) is 5.69 Å². The molecule has 3 aromatic carbocycles. The van der Waals surface area contributed by atoms with Crippen LogP contribution in [0.3, 0.4) is 0 Å². The first kappa shape index (κ1) is 22.8. The van der Waals surface area contributed by atoms with Crippen molar-refractivity contribution in [3.63, 3.8) is 0 Å². The first-order valence-electron chi connectivity index (χ1n) is 10.2. The van der Waals surface area contributed by atoms with Gasteiger partial charge in [-0.25, -0.2) is 4.98 Å². The minimum absolute atomic E-state index is 0.0897. The molecule has 0 amide bonds. The molecule has 0 spiro atoms. The molecule has 4 rings (SSSR count). The zero-order valence-corrected chi connectivity index (χ0v) is 19.1. The second-order valence-electron chi connectivity index (χ2n) is 7.46. The lowest BCUT2D eigenvalue weighted by atomic mass is 10.1. The van der Waals surface area contributed by atoms with Gasteiger partial charge in [0, 0.05) is 23.2 Å². The molecule has 33 heavy (non-hydrogen) atoms. The number of para-hydroxylation sites is 1. The number of hydrogen-bond acceptors (Lipinski definition) is 5. The van der Waals surface area contributed by atoms with Gasteiger partial charge in [-0.1, -0.05) is 41.4 Å². The number of ether oxygens (including phenoxy) is 1. The van der Waals surface area contributed by atoms with Crippen molar-refractivity contribution < 1.29 is 9.66 Å². The predicted octanol–water partition coefficient (Wildman–Crippen LogP) is 6.06. The Morgan fingerprint density at radius 2 is 1.88 bits per heavy atom. The van der Waals surface area contributed by atoms with Crippen LogP contribution in [-0.2, 0) is 6.54 Å². The Balaban J connectivity index is 1.64. The molecule has 7 nitrogen and oxygen atoms in total. The van der Waals surface area contributed by atoms with E-state index in [-0.39, 0.29) is 30.1 Å². The molecule has 0 aliphatic heterocycles. The van der Waals surface area contributed by atoms with E-state index >= 15 is 0 Å². The summed E-state index contributed by atoms with van der Waals surface area (Å²) in [5, 5.41) is 12.6. The van der Waals surface area contributed by atoms with Gasteiger partial charge in [-0.05, 0) is 55.3 Å². The van der Waals surface area contributed by atoms with E-state index in [2.05, 4.69) is 4.98 Å². The summed E-state index contributed by atoms with van der Waals surface area (Å²) >= 11 is 12.5. The maximum absolute atomic E-state index is 13.3. The topological polar surface area (TPSA) is 87.3 Å². The highest BCUT2D eigenvalue weighted by atomic mass is 35.5. The molecule has 1 aromatic heterocycles. The number of nitrogens with zero attached hydrogens (tertiary/aromatic N) is 3. The van der Waals surface area contributed by atoms with Crippen molar-refractivity contribution in [2.24, 2.45) is 0 Å². The largest absolute Gasteiger partial charge is 0.487 e.